The van der Waals surface area contributed by atoms with Gasteiger partial charge in [-0.3, -0.25) is 10.1 Å². The minimum atomic E-state index is -0.531. The molecule has 1 rings (SSSR count). The second-order valence-electron chi connectivity index (χ2n) is 2.92. The number of para-hydroxylation sites is 1. The monoisotopic (exact) mass is 210 g/mol. The summed E-state index contributed by atoms with van der Waals surface area (Å²) in [5, 5.41) is 19.0. The smallest absolute Gasteiger partial charge is 0.295 e. The molecule has 0 saturated heterocycles. The number of hydrogen-bond donors (Lipinski definition) is 1. The number of nitro benzene ring substituents is 1. The van der Waals surface area contributed by atoms with Gasteiger partial charge >= 0.3 is 0 Å². The molecule has 80 valence electrons. The summed E-state index contributed by atoms with van der Waals surface area (Å²) in [4.78, 5) is 17.8. The number of nitrogens with zero attached hydrogens (tertiary/aromatic N) is 2. The highest BCUT2D eigenvalue weighted by Crippen LogP contribution is 2.30. The molecule has 0 radical (unpaired) electrons. The van der Waals surface area contributed by atoms with E-state index in [-0.39, 0.29) is 17.3 Å². The molecule has 1 aromatic carbocycles. The molecule has 1 N–H and O–H groups in total. The van der Waals surface area contributed by atoms with Crippen molar-refractivity contribution in [3.63, 3.8) is 0 Å². The number of hydrogen-bond acceptors (Lipinski definition) is 5. The number of aliphatic imine (C=N–C) groups is 1. The topological polar surface area (TPSA) is 85.0 Å². The lowest BCUT2D eigenvalue weighted by Gasteiger charge is -2.01. The molecule has 0 aliphatic carbocycles. The van der Waals surface area contributed by atoms with E-state index in [4.69, 9.17) is 5.26 Å². The second kappa shape index (κ2) is 4.52. The molecular weight excluding hydrogens is 200 g/mol. The summed E-state index contributed by atoms with van der Waals surface area (Å²) in [6, 6.07) is 4.61. The highest BCUT2D eigenvalue weighted by atomic mass is 17.1. The van der Waals surface area contributed by atoms with Gasteiger partial charge in [0, 0.05) is 13.0 Å². The van der Waals surface area contributed by atoms with Gasteiger partial charge in [0.1, 0.15) is 5.69 Å². The van der Waals surface area contributed by atoms with Gasteiger partial charge in [-0.05, 0) is 12.5 Å². The van der Waals surface area contributed by atoms with Gasteiger partial charge < -0.3 is 4.89 Å². The fraction of sp³-hybridized carbons (Fsp3) is 0.222. The van der Waals surface area contributed by atoms with E-state index in [2.05, 4.69) is 9.88 Å². The summed E-state index contributed by atoms with van der Waals surface area (Å²) in [5.74, 6) is -0.0487. The molecular formula is C9H10N2O4. The summed E-state index contributed by atoms with van der Waals surface area (Å²) >= 11 is 0. The van der Waals surface area contributed by atoms with E-state index in [1.165, 1.54) is 13.0 Å². The van der Waals surface area contributed by atoms with Crippen LogP contribution < -0.4 is 0 Å². The number of nitro groups is 1. The van der Waals surface area contributed by atoms with E-state index in [9.17, 15) is 10.1 Å². The zero-order valence-electron chi connectivity index (χ0n) is 8.30. The van der Waals surface area contributed by atoms with Gasteiger partial charge in [0.25, 0.3) is 5.69 Å². The van der Waals surface area contributed by atoms with Crippen LogP contribution in [0.2, 0.25) is 0 Å². The molecule has 0 fully saturated rings. The van der Waals surface area contributed by atoms with Crippen LogP contribution in [-0.2, 0) is 4.89 Å². The SMILES string of the molecule is CC(=Nc1c(C)cccc1[N+](=O)[O-])OO. The average molecular weight is 210 g/mol. The van der Waals surface area contributed by atoms with Gasteiger partial charge in [-0.25, -0.2) is 10.2 Å². The van der Waals surface area contributed by atoms with Crippen LogP contribution in [0.25, 0.3) is 0 Å². The van der Waals surface area contributed by atoms with Crippen LogP contribution >= 0.6 is 0 Å². The summed E-state index contributed by atoms with van der Waals surface area (Å²) in [6.07, 6.45) is 0. The molecule has 1 aromatic rings. The normalized spacial score (nSPS) is 11.3. The first kappa shape index (κ1) is 11.1. The van der Waals surface area contributed by atoms with E-state index >= 15 is 0 Å². The highest BCUT2D eigenvalue weighted by molar-refractivity contribution is 5.79. The summed E-state index contributed by atoms with van der Waals surface area (Å²) < 4.78 is 0. The Labute approximate surface area is 85.9 Å². The van der Waals surface area contributed by atoms with Crippen molar-refractivity contribution in [3.8, 4) is 0 Å². The second-order valence-corrected chi connectivity index (χ2v) is 2.92. The molecule has 0 amide bonds. The Morgan fingerprint density at radius 1 is 1.60 bits per heavy atom. The first-order valence-electron chi connectivity index (χ1n) is 4.17. The largest absolute Gasteiger partial charge is 0.325 e. The lowest BCUT2D eigenvalue weighted by atomic mass is 10.2. The predicted octanol–water partition coefficient (Wildman–Crippen LogP) is 2.44. The summed E-state index contributed by atoms with van der Waals surface area (Å²) in [5.41, 5.74) is 0.709. The van der Waals surface area contributed by atoms with Gasteiger partial charge in [-0.15, -0.1) is 0 Å². The van der Waals surface area contributed by atoms with Crippen LogP contribution in [0.3, 0.4) is 0 Å². The quantitative estimate of drug-likeness (QED) is 0.267. The fourth-order valence-corrected chi connectivity index (χ4v) is 1.11. The van der Waals surface area contributed by atoms with Gasteiger partial charge in [0.15, 0.2) is 0 Å². The lowest BCUT2D eigenvalue weighted by molar-refractivity contribution is -0.384. The molecule has 0 unspecified atom stereocenters. The predicted molar refractivity (Wildman–Crippen MR) is 54.3 cm³/mol. The Kier molecular flexibility index (Phi) is 3.35. The molecule has 6 heteroatoms. The number of benzene rings is 1. The lowest BCUT2D eigenvalue weighted by Crippen LogP contribution is -1.96. The maximum Gasteiger partial charge on any atom is 0.295 e. The van der Waals surface area contributed by atoms with Crippen molar-refractivity contribution in [3.05, 3.63) is 33.9 Å². The Hall–Kier alpha value is -1.95. The highest BCUT2D eigenvalue weighted by Gasteiger charge is 2.15. The molecule has 0 aliphatic rings. The van der Waals surface area contributed by atoms with Crippen LogP contribution in [0.4, 0.5) is 11.4 Å². The van der Waals surface area contributed by atoms with Gasteiger partial charge in [-0.2, -0.15) is 0 Å². The molecule has 0 atom stereocenters. The maximum atomic E-state index is 10.7. The van der Waals surface area contributed by atoms with Crippen molar-refractivity contribution in [2.24, 2.45) is 4.99 Å². The molecule has 0 aliphatic heterocycles. The van der Waals surface area contributed by atoms with Crippen molar-refractivity contribution < 1.29 is 15.1 Å². The first-order chi connectivity index (χ1) is 7.06. The zero-order chi connectivity index (χ0) is 11.4. The zero-order valence-corrected chi connectivity index (χ0v) is 8.30. The average Bonchev–Trinajstić information content (AvgIpc) is 2.20. The van der Waals surface area contributed by atoms with Gasteiger partial charge in [0.2, 0.25) is 5.90 Å². The van der Waals surface area contributed by atoms with Crippen LogP contribution in [-0.4, -0.2) is 16.1 Å². The van der Waals surface area contributed by atoms with Gasteiger partial charge in [0.05, 0.1) is 4.92 Å². The fourth-order valence-electron chi connectivity index (χ4n) is 1.11. The Morgan fingerprint density at radius 2 is 2.27 bits per heavy atom. The molecule has 0 spiro atoms. The van der Waals surface area contributed by atoms with Crippen molar-refractivity contribution in [2.75, 3.05) is 0 Å². The van der Waals surface area contributed by atoms with E-state index in [1.807, 2.05) is 0 Å². The summed E-state index contributed by atoms with van der Waals surface area (Å²) in [6.45, 7) is 3.09. The van der Waals surface area contributed by atoms with E-state index in [0.29, 0.717) is 5.56 Å². The van der Waals surface area contributed by atoms with Crippen LogP contribution in [0, 0.1) is 17.0 Å². The Morgan fingerprint density at radius 3 is 2.80 bits per heavy atom. The third-order valence-electron chi connectivity index (χ3n) is 1.81. The minimum Gasteiger partial charge on any atom is -0.325 e. The standard InChI is InChI=1S/C9H10N2O4/c1-6-4-3-5-8(11(12)13)9(6)10-7(2)15-14/h3-5,14H,1-2H3. The van der Waals surface area contributed by atoms with Crippen LogP contribution in [0.1, 0.15) is 12.5 Å². The Bertz CT molecular complexity index is 415. The van der Waals surface area contributed by atoms with E-state index in [1.54, 1.807) is 19.1 Å². The third kappa shape index (κ3) is 2.50. The van der Waals surface area contributed by atoms with Crippen molar-refractivity contribution in [1.29, 1.82) is 0 Å². The van der Waals surface area contributed by atoms with E-state index in [0.717, 1.165) is 0 Å². The molecule has 6 nitrogen and oxygen atoms in total. The number of aryl methyl sites for hydroxylation is 1. The number of rotatable bonds is 2. The molecule has 0 heterocycles. The van der Waals surface area contributed by atoms with Crippen LogP contribution in [0.15, 0.2) is 23.2 Å². The minimum absolute atomic E-state index is 0.0487. The summed E-state index contributed by atoms with van der Waals surface area (Å²) in [7, 11) is 0. The molecule has 0 aromatic heterocycles. The first-order valence-corrected chi connectivity index (χ1v) is 4.17. The maximum absolute atomic E-state index is 10.7. The van der Waals surface area contributed by atoms with E-state index < -0.39 is 4.92 Å². The molecule has 0 bridgehead atoms. The Balaban J connectivity index is 3.31. The van der Waals surface area contributed by atoms with Crippen molar-refractivity contribution >= 4 is 17.3 Å². The van der Waals surface area contributed by atoms with Crippen molar-refractivity contribution in [1.82, 2.24) is 0 Å². The van der Waals surface area contributed by atoms with Crippen molar-refractivity contribution in [2.45, 2.75) is 13.8 Å². The van der Waals surface area contributed by atoms with Gasteiger partial charge in [-0.1, -0.05) is 12.1 Å². The molecule has 0 saturated carbocycles. The molecule has 15 heavy (non-hydrogen) atoms. The third-order valence-corrected chi connectivity index (χ3v) is 1.81. The van der Waals surface area contributed by atoms with Crippen LogP contribution in [0.5, 0.6) is 0 Å².